The van der Waals surface area contributed by atoms with Crippen LogP contribution in [0.3, 0.4) is 0 Å². The van der Waals surface area contributed by atoms with Crippen molar-refractivity contribution >= 4 is 27.5 Å². The highest BCUT2D eigenvalue weighted by molar-refractivity contribution is 7.89. The predicted octanol–water partition coefficient (Wildman–Crippen LogP) is 0.921. The molecule has 0 saturated carbocycles. The predicted molar refractivity (Wildman–Crippen MR) is 69.8 cm³/mol. The van der Waals surface area contributed by atoms with Gasteiger partial charge in [-0.05, 0) is 12.1 Å². The molecule has 0 heterocycles. The van der Waals surface area contributed by atoms with E-state index in [0.29, 0.717) is 0 Å². The minimum Gasteiger partial charge on any atom is -0.352 e. The average Bonchev–Trinajstić information content (AvgIpc) is 2.34. The number of rotatable bonds is 6. The lowest BCUT2D eigenvalue weighted by Gasteiger charge is -2.07. The van der Waals surface area contributed by atoms with Crippen molar-refractivity contribution in [2.75, 3.05) is 13.1 Å². The van der Waals surface area contributed by atoms with Crippen molar-refractivity contribution in [2.24, 2.45) is 0 Å². The second-order valence-electron chi connectivity index (χ2n) is 3.35. The summed E-state index contributed by atoms with van der Waals surface area (Å²) in [4.78, 5) is 11.2. The summed E-state index contributed by atoms with van der Waals surface area (Å²) in [5, 5.41) is 2.56. The number of benzene rings is 1. The van der Waals surface area contributed by atoms with Gasteiger partial charge in [0, 0.05) is 6.54 Å². The Bertz CT molecular complexity index is 543. The first-order chi connectivity index (χ1) is 8.47. The highest BCUT2D eigenvalue weighted by atomic mass is 35.5. The quantitative estimate of drug-likeness (QED) is 0.765. The lowest BCUT2D eigenvalue weighted by Crippen LogP contribution is -2.36. The van der Waals surface area contributed by atoms with Crippen LogP contribution in [0.5, 0.6) is 0 Å². The molecule has 0 unspecified atom stereocenters. The van der Waals surface area contributed by atoms with Gasteiger partial charge in [-0.25, -0.2) is 13.1 Å². The minimum absolute atomic E-state index is 0.0526. The third-order valence-electron chi connectivity index (χ3n) is 1.99. The summed E-state index contributed by atoms with van der Waals surface area (Å²) in [5.41, 5.74) is 0. The van der Waals surface area contributed by atoms with Gasteiger partial charge in [-0.1, -0.05) is 29.8 Å². The van der Waals surface area contributed by atoms with Gasteiger partial charge in [0.1, 0.15) is 4.90 Å². The molecule has 1 aromatic rings. The Morgan fingerprint density at radius 3 is 2.67 bits per heavy atom. The lowest BCUT2D eigenvalue weighted by atomic mass is 10.4. The standard InChI is InChI=1S/C11H13ClN2O3S/c1-2-7-13-11(15)8-14-18(16,17)10-6-4-3-5-9(10)12/h2-6,14H,1,7-8H2,(H,13,15). The highest BCUT2D eigenvalue weighted by Gasteiger charge is 2.17. The van der Waals surface area contributed by atoms with Gasteiger partial charge >= 0.3 is 0 Å². The van der Waals surface area contributed by atoms with E-state index in [1.165, 1.54) is 18.2 Å². The summed E-state index contributed by atoms with van der Waals surface area (Å²) in [6, 6.07) is 6.01. The lowest BCUT2D eigenvalue weighted by molar-refractivity contribution is -0.119. The summed E-state index contributed by atoms with van der Waals surface area (Å²) in [6.07, 6.45) is 1.50. The zero-order valence-corrected chi connectivity index (χ0v) is 11.1. The van der Waals surface area contributed by atoms with Crippen molar-refractivity contribution in [3.8, 4) is 0 Å². The Morgan fingerprint density at radius 2 is 2.06 bits per heavy atom. The third kappa shape index (κ3) is 4.14. The number of hydrogen-bond acceptors (Lipinski definition) is 3. The zero-order chi connectivity index (χ0) is 13.6. The van der Waals surface area contributed by atoms with E-state index in [1.807, 2.05) is 0 Å². The maximum absolute atomic E-state index is 11.8. The topological polar surface area (TPSA) is 75.3 Å². The first-order valence-corrected chi connectivity index (χ1v) is 6.95. The van der Waals surface area contributed by atoms with E-state index in [1.54, 1.807) is 12.1 Å². The summed E-state index contributed by atoms with van der Waals surface area (Å²) >= 11 is 5.77. The number of hydrogen-bond donors (Lipinski definition) is 2. The Morgan fingerprint density at radius 1 is 1.39 bits per heavy atom. The molecule has 0 aliphatic heterocycles. The van der Waals surface area contributed by atoms with Crippen LogP contribution in [-0.4, -0.2) is 27.4 Å². The summed E-state index contributed by atoms with van der Waals surface area (Å²) < 4.78 is 25.8. The van der Waals surface area contributed by atoms with E-state index in [9.17, 15) is 13.2 Å². The second kappa shape index (κ2) is 6.53. The van der Waals surface area contributed by atoms with Gasteiger partial charge in [0.25, 0.3) is 0 Å². The molecule has 0 fully saturated rings. The largest absolute Gasteiger partial charge is 0.352 e. The molecule has 0 aliphatic carbocycles. The van der Waals surface area contributed by atoms with Crippen LogP contribution in [0.25, 0.3) is 0 Å². The minimum atomic E-state index is -3.78. The summed E-state index contributed by atoms with van der Waals surface area (Å²) in [6.45, 7) is 3.37. The first-order valence-electron chi connectivity index (χ1n) is 5.09. The summed E-state index contributed by atoms with van der Waals surface area (Å²) in [5.74, 6) is -0.439. The van der Waals surface area contributed by atoms with Crippen LogP contribution < -0.4 is 10.0 Å². The molecule has 2 N–H and O–H groups in total. The molecule has 0 spiro atoms. The molecular formula is C11H13ClN2O3S. The Labute approximate surface area is 111 Å². The van der Waals surface area contributed by atoms with Crippen molar-refractivity contribution in [3.63, 3.8) is 0 Å². The Hall–Kier alpha value is -1.37. The molecule has 1 amide bonds. The van der Waals surface area contributed by atoms with Gasteiger partial charge < -0.3 is 5.32 Å². The SMILES string of the molecule is C=CCNC(=O)CNS(=O)(=O)c1ccccc1Cl. The van der Waals surface area contributed by atoms with Gasteiger partial charge in [0.05, 0.1) is 11.6 Å². The van der Waals surface area contributed by atoms with E-state index >= 15 is 0 Å². The molecule has 1 aromatic carbocycles. The Kier molecular flexibility index (Phi) is 5.33. The van der Waals surface area contributed by atoms with E-state index in [-0.39, 0.29) is 23.0 Å². The van der Waals surface area contributed by atoms with Crippen LogP contribution in [0.15, 0.2) is 41.8 Å². The van der Waals surface area contributed by atoms with Gasteiger partial charge in [-0.2, -0.15) is 0 Å². The van der Waals surface area contributed by atoms with Gasteiger partial charge in [-0.3, -0.25) is 4.79 Å². The number of nitrogens with one attached hydrogen (secondary N) is 2. The normalized spacial score (nSPS) is 10.9. The average molecular weight is 289 g/mol. The number of halogens is 1. The molecule has 0 bridgehead atoms. The maximum atomic E-state index is 11.8. The van der Waals surface area contributed by atoms with Gasteiger partial charge in [0.2, 0.25) is 15.9 Å². The number of amides is 1. The number of carbonyl (C=O) groups excluding carboxylic acids is 1. The van der Waals surface area contributed by atoms with E-state index in [4.69, 9.17) is 11.6 Å². The maximum Gasteiger partial charge on any atom is 0.242 e. The van der Waals surface area contributed by atoms with Crippen molar-refractivity contribution in [2.45, 2.75) is 4.90 Å². The Balaban J connectivity index is 2.69. The zero-order valence-electron chi connectivity index (χ0n) is 9.52. The van der Waals surface area contributed by atoms with E-state index in [0.717, 1.165) is 0 Å². The molecular weight excluding hydrogens is 276 g/mol. The third-order valence-corrected chi connectivity index (χ3v) is 3.89. The van der Waals surface area contributed by atoms with E-state index < -0.39 is 15.9 Å². The molecule has 0 aliphatic rings. The monoisotopic (exact) mass is 288 g/mol. The van der Waals surface area contributed by atoms with Gasteiger partial charge in [0.15, 0.2) is 0 Å². The van der Waals surface area contributed by atoms with Crippen molar-refractivity contribution < 1.29 is 13.2 Å². The molecule has 0 radical (unpaired) electrons. The van der Waals surface area contributed by atoms with Crippen LogP contribution in [-0.2, 0) is 14.8 Å². The van der Waals surface area contributed by atoms with Crippen LogP contribution in [0.1, 0.15) is 0 Å². The first kappa shape index (κ1) is 14.7. The number of sulfonamides is 1. The molecule has 0 atom stereocenters. The molecule has 0 aromatic heterocycles. The smallest absolute Gasteiger partial charge is 0.242 e. The molecule has 0 saturated heterocycles. The second-order valence-corrected chi connectivity index (χ2v) is 5.49. The van der Waals surface area contributed by atoms with Gasteiger partial charge in [-0.15, -0.1) is 6.58 Å². The molecule has 1 rings (SSSR count). The van der Waals surface area contributed by atoms with Crippen LogP contribution >= 0.6 is 11.6 Å². The van der Waals surface area contributed by atoms with E-state index in [2.05, 4.69) is 16.6 Å². The van der Waals surface area contributed by atoms with Crippen molar-refractivity contribution in [1.82, 2.24) is 10.0 Å². The highest BCUT2D eigenvalue weighted by Crippen LogP contribution is 2.19. The number of carbonyl (C=O) groups is 1. The molecule has 18 heavy (non-hydrogen) atoms. The molecule has 7 heteroatoms. The van der Waals surface area contributed by atoms with Crippen LogP contribution in [0.2, 0.25) is 5.02 Å². The van der Waals surface area contributed by atoms with Crippen LogP contribution in [0, 0.1) is 0 Å². The van der Waals surface area contributed by atoms with Crippen molar-refractivity contribution in [3.05, 3.63) is 41.9 Å². The van der Waals surface area contributed by atoms with Crippen molar-refractivity contribution in [1.29, 1.82) is 0 Å². The molecule has 5 nitrogen and oxygen atoms in total. The van der Waals surface area contributed by atoms with Crippen LogP contribution in [0.4, 0.5) is 0 Å². The molecule has 98 valence electrons. The fourth-order valence-electron chi connectivity index (χ4n) is 1.15. The summed E-state index contributed by atoms with van der Waals surface area (Å²) in [7, 11) is -3.78. The fraction of sp³-hybridized carbons (Fsp3) is 0.182. The fourth-order valence-corrected chi connectivity index (χ4v) is 2.65.